The molecular formula is C14H16F5NO2. The number of benzene rings is 1. The fraction of sp³-hybridized carbons (Fsp3) is 0.500. The third-order valence-corrected chi connectivity index (χ3v) is 2.79. The van der Waals surface area contributed by atoms with Crippen LogP contribution in [0.2, 0.25) is 0 Å². The summed E-state index contributed by atoms with van der Waals surface area (Å²) in [6, 6.07) is 6.09. The van der Waals surface area contributed by atoms with E-state index in [1.807, 2.05) is 0 Å². The van der Waals surface area contributed by atoms with Crippen molar-refractivity contribution < 1.29 is 31.5 Å². The molecule has 0 atom stereocenters. The van der Waals surface area contributed by atoms with E-state index >= 15 is 0 Å². The number of ether oxygens (including phenoxy) is 1. The molecule has 0 amide bonds. The smallest absolute Gasteiger partial charge is 0.453 e. The van der Waals surface area contributed by atoms with Gasteiger partial charge >= 0.3 is 18.1 Å². The number of rotatable bonds is 7. The van der Waals surface area contributed by atoms with Gasteiger partial charge in [0.25, 0.3) is 0 Å². The van der Waals surface area contributed by atoms with Crippen LogP contribution in [0.25, 0.3) is 0 Å². The van der Waals surface area contributed by atoms with Gasteiger partial charge in [-0.1, -0.05) is 6.07 Å². The molecule has 0 radical (unpaired) electrons. The fourth-order valence-corrected chi connectivity index (χ4v) is 1.66. The van der Waals surface area contributed by atoms with Crippen LogP contribution in [0.5, 0.6) is 0 Å². The molecule has 22 heavy (non-hydrogen) atoms. The summed E-state index contributed by atoms with van der Waals surface area (Å²) >= 11 is 0. The third-order valence-electron chi connectivity index (χ3n) is 2.79. The second-order valence-corrected chi connectivity index (χ2v) is 4.53. The van der Waals surface area contributed by atoms with E-state index in [0.29, 0.717) is 5.69 Å². The van der Waals surface area contributed by atoms with Gasteiger partial charge in [0.15, 0.2) is 0 Å². The number of alkyl halides is 5. The molecule has 8 heteroatoms. The van der Waals surface area contributed by atoms with Crippen LogP contribution >= 0.6 is 0 Å². The maximum absolute atomic E-state index is 12.7. The highest BCUT2D eigenvalue weighted by Gasteiger charge is 2.56. The van der Waals surface area contributed by atoms with Gasteiger partial charge in [-0.2, -0.15) is 22.0 Å². The highest BCUT2D eigenvalue weighted by Crippen LogP contribution is 2.38. The van der Waals surface area contributed by atoms with Crippen molar-refractivity contribution in [1.82, 2.24) is 0 Å². The predicted octanol–water partition coefficient (Wildman–Crippen LogP) is 4.25. The molecule has 0 spiro atoms. The van der Waals surface area contributed by atoms with E-state index in [4.69, 9.17) is 4.74 Å². The Morgan fingerprint density at radius 2 is 1.91 bits per heavy atom. The largest absolute Gasteiger partial charge is 0.462 e. The minimum atomic E-state index is -5.53. The number of hydrogen-bond donors (Lipinski definition) is 1. The van der Waals surface area contributed by atoms with Gasteiger partial charge in [-0.25, -0.2) is 4.79 Å². The van der Waals surface area contributed by atoms with Crippen LogP contribution in [0, 0.1) is 0 Å². The van der Waals surface area contributed by atoms with Crippen molar-refractivity contribution in [3.05, 3.63) is 29.8 Å². The first-order valence-corrected chi connectivity index (χ1v) is 6.63. The van der Waals surface area contributed by atoms with E-state index < -0.39 is 24.5 Å². The van der Waals surface area contributed by atoms with Crippen LogP contribution in [-0.2, 0) is 4.74 Å². The number of esters is 1. The number of carbonyl (C=O) groups excluding carboxylic acids is 1. The zero-order valence-corrected chi connectivity index (χ0v) is 11.8. The van der Waals surface area contributed by atoms with Gasteiger partial charge in [0.2, 0.25) is 0 Å². The summed E-state index contributed by atoms with van der Waals surface area (Å²) < 4.78 is 66.1. The van der Waals surface area contributed by atoms with Gasteiger partial charge in [-0.3, -0.25) is 0 Å². The second kappa shape index (κ2) is 7.42. The monoisotopic (exact) mass is 325 g/mol. The molecule has 1 aromatic carbocycles. The van der Waals surface area contributed by atoms with Crippen LogP contribution in [0.1, 0.15) is 30.1 Å². The van der Waals surface area contributed by atoms with E-state index in [0.717, 1.165) is 0 Å². The quantitative estimate of drug-likeness (QED) is 0.463. The first-order valence-electron chi connectivity index (χ1n) is 6.63. The normalized spacial score (nSPS) is 12.1. The summed E-state index contributed by atoms with van der Waals surface area (Å²) in [4.78, 5) is 11.5. The lowest BCUT2D eigenvalue weighted by Crippen LogP contribution is -2.36. The molecule has 1 rings (SSSR count). The van der Waals surface area contributed by atoms with E-state index in [-0.39, 0.29) is 25.1 Å². The summed E-state index contributed by atoms with van der Waals surface area (Å²) in [6.45, 7) is 1.79. The minimum Gasteiger partial charge on any atom is -0.462 e. The van der Waals surface area contributed by atoms with Crippen molar-refractivity contribution in [3.63, 3.8) is 0 Å². The van der Waals surface area contributed by atoms with Crippen LogP contribution < -0.4 is 5.32 Å². The first-order chi connectivity index (χ1) is 10.2. The summed E-state index contributed by atoms with van der Waals surface area (Å²) in [6.07, 6.45) is -7.19. The molecule has 124 valence electrons. The van der Waals surface area contributed by atoms with Crippen molar-refractivity contribution >= 4 is 11.7 Å². The molecule has 0 fully saturated rings. The van der Waals surface area contributed by atoms with Gasteiger partial charge in [0.1, 0.15) is 0 Å². The molecular weight excluding hydrogens is 309 g/mol. The average Bonchev–Trinajstić information content (AvgIpc) is 2.43. The lowest BCUT2D eigenvalue weighted by molar-refractivity contribution is -0.284. The number of nitrogens with one attached hydrogen (secondary N) is 1. The van der Waals surface area contributed by atoms with E-state index in [2.05, 4.69) is 5.32 Å². The van der Waals surface area contributed by atoms with Gasteiger partial charge in [0, 0.05) is 18.7 Å². The number of anilines is 1. The molecule has 0 bridgehead atoms. The maximum atomic E-state index is 12.7. The summed E-state index contributed by atoms with van der Waals surface area (Å²) in [7, 11) is 0. The number of hydrogen-bond acceptors (Lipinski definition) is 3. The Hall–Kier alpha value is -1.86. The molecule has 1 N–H and O–H groups in total. The van der Waals surface area contributed by atoms with Crippen molar-refractivity contribution in [1.29, 1.82) is 0 Å². The lowest BCUT2D eigenvalue weighted by Gasteiger charge is -2.19. The minimum absolute atomic E-state index is 0.0715. The molecule has 0 unspecified atom stereocenters. The number of carbonyl (C=O) groups is 1. The SMILES string of the molecule is CCOC(=O)c1cccc(NCCCC(F)(F)C(F)(F)F)c1. The Morgan fingerprint density at radius 1 is 1.23 bits per heavy atom. The zero-order valence-electron chi connectivity index (χ0n) is 11.8. The molecule has 0 aromatic heterocycles. The van der Waals surface area contributed by atoms with Crippen molar-refractivity contribution in [2.75, 3.05) is 18.5 Å². The van der Waals surface area contributed by atoms with Gasteiger partial charge in [0.05, 0.1) is 12.2 Å². The van der Waals surface area contributed by atoms with Gasteiger partial charge in [-0.05, 0) is 31.5 Å². The molecule has 1 aromatic rings. The van der Waals surface area contributed by atoms with Crippen LogP contribution in [0.15, 0.2) is 24.3 Å². The van der Waals surface area contributed by atoms with Crippen molar-refractivity contribution in [2.24, 2.45) is 0 Å². The highest BCUT2D eigenvalue weighted by molar-refractivity contribution is 5.90. The summed E-state index contributed by atoms with van der Waals surface area (Å²) in [5.41, 5.74) is 0.716. The second-order valence-electron chi connectivity index (χ2n) is 4.53. The maximum Gasteiger partial charge on any atom is 0.453 e. The van der Waals surface area contributed by atoms with E-state index in [1.165, 1.54) is 12.1 Å². The Bertz CT molecular complexity index is 502. The Labute approximate surface area is 124 Å². The molecule has 0 aliphatic carbocycles. The predicted molar refractivity (Wildman–Crippen MR) is 71.1 cm³/mol. The molecule has 0 aliphatic rings. The molecule has 0 saturated carbocycles. The first kappa shape index (κ1) is 18.2. The fourth-order valence-electron chi connectivity index (χ4n) is 1.66. The Morgan fingerprint density at radius 3 is 2.50 bits per heavy atom. The van der Waals surface area contributed by atoms with Gasteiger partial charge < -0.3 is 10.1 Å². The van der Waals surface area contributed by atoms with Crippen molar-refractivity contribution in [3.8, 4) is 0 Å². The topological polar surface area (TPSA) is 38.3 Å². The highest BCUT2D eigenvalue weighted by atomic mass is 19.4. The zero-order chi connectivity index (χ0) is 16.8. The van der Waals surface area contributed by atoms with Gasteiger partial charge in [-0.15, -0.1) is 0 Å². The third kappa shape index (κ3) is 5.16. The van der Waals surface area contributed by atoms with Crippen molar-refractivity contribution in [2.45, 2.75) is 31.9 Å². The molecule has 0 saturated heterocycles. The van der Waals surface area contributed by atoms with E-state index in [1.54, 1.807) is 19.1 Å². The van der Waals surface area contributed by atoms with E-state index in [9.17, 15) is 26.7 Å². The number of halogens is 5. The summed E-state index contributed by atoms with van der Waals surface area (Å²) in [5.74, 6) is -5.23. The Balaban J connectivity index is 2.49. The Kier molecular flexibility index (Phi) is 6.13. The molecule has 3 nitrogen and oxygen atoms in total. The van der Waals surface area contributed by atoms with Crippen LogP contribution in [0.4, 0.5) is 27.6 Å². The molecule has 0 heterocycles. The van der Waals surface area contributed by atoms with Crippen LogP contribution in [-0.4, -0.2) is 31.2 Å². The molecule has 0 aliphatic heterocycles. The average molecular weight is 325 g/mol. The lowest BCUT2D eigenvalue weighted by atomic mass is 10.1. The standard InChI is InChI=1S/C14H16F5NO2/c1-2-22-12(21)10-5-3-6-11(9-10)20-8-4-7-13(15,16)14(17,18)19/h3,5-6,9,20H,2,4,7-8H2,1H3. The van der Waals surface area contributed by atoms with Crippen LogP contribution in [0.3, 0.4) is 0 Å². The summed E-state index contributed by atoms with van der Waals surface area (Å²) in [5, 5.41) is 2.70.